The van der Waals surface area contributed by atoms with Gasteiger partial charge in [0.25, 0.3) is 0 Å². The summed E-state index contributed by atoms with van der Waals surface area (Å²) in [5.41, 5.74) is 5.91. The van der Waals surface area contributed by atoms with Crippen molar-refractivity contribution in [3.8, 4) is 0 Å². The molecule has 0 aromatic heterocycles. The van der Waals surface area contributed by atoms with Gasteiger partial charge in [-0.1, -0.05) is 24.6 Å². The summed E-state index contributed by atoms with van der Waals surface area (Å²) in [6.07, 6.45) is 2.73. The maximum absolute atomic E-state index is 9.11. The van der Waals surface area contributed by atoms with Crippen molar-refractivity contribution in [1.29, 1.82) is 0 Å². The van der Waals surface area contributed by atoms with Crippen molar-refractivity contribution in [2.24, 2.45) is 5.92 Å². The molecule has 0 radical (unpaired) electrons. The Balaban J connectivity index is 1.63. The molecule has 146 valence electrons. The molecule has 0 unspecified atom stereocenters. The fourth-order valence-corrected chi connectivity index (χ4v) is 4.57. The molecule has 0 saturated carbocycles. The van der Waals surface area contributed by atoms with Gasteiger partial charge < -0.3 is 5.11 Å². The topological polar surface area (TPSA) is 30.0 Å². The standard InChI is InChI=1S/C22H37N3O/c1-18-5-4-6-25(15-18)17-22-14-19(2)13-21(20(22)3)16-24-9-7-23(8-10-24)11-12-26/h13-14,18,26H,4-12,15-17H2,1-3H3/t18-/m0/s1. The van der Waals surface area contributed by atoms with Gasteiger partial charge in [0.1, 0.15) is 0 Å². The third kappa shape index (κ3) is 5.29. The van der Waals surface area contributed by atoms with E-state index in [1.165, 1.54) is 48.2 Å². The number of benzene rings is 1. The lowest BCUT2D eigenvalue weighted by Crippen LogP contribution is -2.46. The van der Waals surface area contributed by atoms with E-state index in [-0.39, 0.29) is 6.61 Å². The predicted octanol–water partition coefficient (Wildman–Crippen LogP) is 2.65. The van der Waals surface area contributed by atoms with Crippen molar-refractivity contribution in [3.63, 3.8) is 0 Å². The van der Waals surface area contributed by atoms with E-state index in [0.717, 1.165) is 51.7 Å². The summed E-state index contributed by atoms with van der Waals surface area (Å²) in [5, 5.41) is 9.11. The van der Waals surface area contributed by atoms with Gasteiger partial charge in [-0.15, -0.1) is 0 Å². The van der Waals surface area contributed by atoms with E-state index in [9.17, 15) is 0 Å². The Hall–Kier alpha value is -0.940. The number of rotatable bonds is 6. The van der Waals surface area contributed by atoms with Crippen LogP contribution in [0.2, 0.25) is 0 Å². The number of β-amino-alcohol motifs (C(OH)–C–C–N with tert-alkyl or cyclic N) is 1. The quantitative estimate of drug-likeness (QED) is 0.846. The Kier molecular flexibility index (Phi) is 7.10. The van der Waals surface area contributed by atoms with Crippen LogP contribution in [-0.4, -0.2) is 72.2 Å². The molecule has 0 amide bonds. The van der Waals surface area contributed by atoms with Crippen LogP contribution in [0.4, 0.5) is 0 Å². The fourth-order valence-electron chi connectivity index (χ4n) is 4.57. The lowest BCUT2D eigenvalue weighted by molar-refractivity contribution is 0.108. The number of aliphatic hydroxyl groups is 1. The van der Waals surface area contributed by atoms with Gasteiger partial charge in [-0.2, -0.15) is 0 Å². The van der Waals surface area contributed by atoms with Gasteiger partial charge in [0.15, 0.2) is 0 Å². The molecule has 1 aromatic carbocycles. The van der Waals surface area contributed by atoms with Crippen molar-refractivity contribution in [2.75, 3.05) is 52.4 Å². The Morgan fingerprint density at radius 3 is 2.15 bits per heavy atom. The number of aliphatic hydroxyl groups excluding tert-OH is 1. The first-order chi connectivity index (χ1) is 12.5. The maximum Gasteiger partial charge on any atom is 0.0558 e. The highest BCUT2D eigenvalue weighted by atomic mass is 16.3. The minimum atomic E-state index is 0.273. The third-order valence-corrected chi connectivity index (χ3v) is 6.18. The Bertz CT molecular complexity index is 581. The molecule has 2 heterocycles. The van der Waals surface area contributed by atoms with E-state index in [0.29, 0.717) is 0 Å². The molecule has 3 rings (SSSR count). The van der Waals surface area contributed by atoms with Crippen LogP contribution in [0.1, 0.15) is 42.0 Å². The summed E-state index contributed by atoms with van der Waals surface area (Å²) in [7, 11) is 0. The summed E-state index contributed by atoms with van der Waals surface area (Å²) >= 11 is 0. The number of piperidine rings is 1. The highest BCUT2D eigenvalue weighted by Crippen LogP contribution is 2.23. The van der Waals surface area contributed by atoms with Crippen LogP contribution in [0.3, 0.4) is 0 Å². The first-order valence-electron chi connectivity index (χ1n) is 10.4. The third-order valence-electron chi connectivity index (χ3n) is 6.18. The zero-order valence-electron chi connectivity index (χ0n) is 17.0. The molecule has 1 atom stereocenters. The number of hydrogen-bond donors (Lipinski definition) is 1. The van der Waals surface area contributed by atoms with Gasteiger partial charge in [0.2, 0.25) is 0 Å². The van der Waals surface area contributed by atoms with Gasteiger partial charge in [-0.3, -0.25) is 14.7 Å². The van der Waals surface area contributed by atoms with Crippen LogP contribution < -0.4 is 0 Å². The molecule has 4 nitrogen and oxygen atoms in total. The van der Waals surface area contributed by atoms with E-state index >= 15 is 0 Å². The molecule has 2 aliphatic heterocycles. The second kappa shape index (κ2) is 9.32. The molecule has 2 saturated heterocycles. The lowest BCUT2D eigenvalue weighted by Gasteiger charge is -2.35. The minimum Gasteiger partial charge on any atom is -0.395 e. The number of aryl methyl sites for hydroxylation is 1. The summed E-state index contributed by atoms with van der Waals surface area (Å²) < 4.78 is 0. The molecule has 1 N–H and O–H groups in total. The van der Waals surface area contributed by atoms with Gasteiger partial charge in [0.05, 0.1) is 6.61 Å². The average molecular weight is 360 g/mol. The number of piperazine rings is 1. The van der Waals surface area contributed by atoms with Crippen LogP contribution in [0.5, 0.6) is 0 Å². The smallest absolute Gasteiger partial charge is 0.0558 e. The Morgan fingerprint density at radius 1 is 0.923 bits per heavy atom. The average Bonchev–Trinajstić information content (AvgIpc) is 2.61. The SMILES string of the molecule is Cc1cc(CN2CCN(CCO)CC2)c(C)c(CN2CCC[C@H](C)C2)c1. The zero-order chi connectivity index (χ0) is 18.5. The summed E-state index contributed by atoms with van der Waals surface area (Å²) in [6.45, 7) is 17.0. The molecule has 0 bridgehead atoms. The highest BCUT2D eigenvalue weighted by molar-refractivity contribution is 5.38. The second-order valence-electron chi connectivity index (χ2n) is 8.53. The second-order valence-corrected chi connectivity index (χ2v) is 8.53. The Morgan fingerprint density at radius 2 is 1.54 bits per heavy atom. The van der Waals surface area contributed by atoms with Crippen LogP contribution in [0, 0.1) is 19.8 Å². The number of likely N-dealkylation sites (tertiary alicyclic amines) is 1. The van der Waals surface area contributed by atoms with Crippen molar-refractivity contribution in [2.45, 2.75) is 46.7 Å². The summed E-state index contributed by atoms with van der Waals surface area (Å²) in [6, 6.07) is 4.79. The molecule has 2 aliphatic rings. The predicted molar refractivity (Wildman–Crippen MR) is 108 cm³/mol. The normalized spacial score (nSPS) is 23.5. The van der Waals surface area contributed by atoms with Gasteiger partial charge >= 0.3 is 0 Å². The first-order valence-corrected chi connectivity index (χ1v) is 10.4. The van der Waals surface area contributed by atoms with Crippen LogP contribution in [0.15, 0.2) is 12.1 Å². The first kappa shape index (κ1) is 19.8. The molecule has 26 heavy (non-hydrogen) atoms. The highest BCUT2D eigenvalue weighted by Gasteiger charge is 2.20. The van der Waals surface area contributed by atoms with E-state index < -0.39 is 0 Å². The molecule has 0 aliphatic carbocycles. The van der Waals surface area contributed by atoms with Crippen molar-refractivity contribution in [1.82, 2.24) is 14.7 Å². The van der Waals surface area contributed by atoms with Gasteiger partial charge in [0, 0.05) is 52.4 Å². The van der Waals surface area contributed by atoms with E-state index in [4.69, 9.17) is 5.11 Å². The maximum atomic E-state index is 9.11. The van der Waals surface area contributed by atoms with Crippen molar-refractivity contribution >= 4 is 0 Å². The molecular weight excluding hydrogens is 322 g/mol. The monoisotopic (exact) mass is 359 g/mol. The van der Waals surface area contributed by atoms with E-state index in [2.05, 4.69) is 47.6 Å². The van der Waals surface area contributed by atoms with Gasteiger partial charge in [-0.25, -0.2) is 0 Å². The number of hydrogen-bond acceptors (Lipinski definition) is 4. The van der Waals surface area contributed by atoms with Crippen LogP contribution in [-0.2, 0) is 13.1 Å². The summed E-state index contributed by atoms with van der Waals surface area (Å²) in [4.78, 5) is 7.58. The zero-order valence-corrected chi connectivity index (χ0v) is 17.0. The van der Waals surface area contributed by atoms with Crippen molar-refractivity contribution in [3.05, 3.63) is 34.4 Å². The molecule has 1 aromatic rings. The number of nitrogens with zero attached hydrogens (tertiary/aromatic N) is 3. The van der Waals surface area contributed by atoms with Crippen molar-refractivity contribution < 1.29 is 5.11 Å². The Labute approximate surface area is 159 Å². The fraction of sp³-hybridized carbons (Fsp3) is 0.727. The van der Waals surface area contributed by atoms with Crippen LogP contribution in [0.25, 0.3) is 0 Å². The van der Waals surface area contributed by atoms with Gasteiger partial charge in [-0.05, 0) is 55.8 Å². The van der Waals surface area contributed by atoms with Crippen LogP contribution >= 0.6 is 0 Å². The molecular formula is C22H37N3O. The van der Waals surface area contributed by atoms with E-state index in [1.54, 1.807) is 0 Å². The minimum absolute atomic E-state index is 0.273. The van der Waals surface area contributed by atoms with E-state index in [1.807, 2.05) is 0 Å². The molecule has 2 fully saturated rings. The molecule has 4 heteroatoms. The largest absolute Gasteiger partial charge is 0.395 e. The summed E-state index contributed by atoms with van der Waals surface area (Å²) in [5.74, 6) is 0.837. The lowest BCUT2D eigenvalue weighted by atomic mass is 9.96. The molecule has 0 spiro atoms.